The van der Waals surface area contributed by atoms with E-state index < -0.39 is 0 Å². The molecule has 0 bridgehead atoms. The molecule has 0 spiro atoms. The molecule has 0 amide bonds. The molecule has 0 aliphatic carbocycles. The molecule has 0 rings (SSSR count). The lowest BCUT2D eigenvalue weighted by molar-refractivity contribution is -0.120. The van der Waals surface area contributed by atoms with E-state index in [4.69, 9.17) is 0 Å². The largest absolute Gasteiger partial charge is 0.300 e. The van der Waals surface area contributed by atoms with E-state index in [1.807, 2.05) is 6.92 Å². The standard InChI is InChI=1S/C13H26O/c1-6-8-9-13(4,5)11(3)10-12(14)7-2/h11H,6-10H2,1-5H3. The van der Waals surface area contributed by atoms with Gasteiger partial charge in [0, 0.05) is 12.8 Å². The SMILES string of the molecule is CCCCC(C)(C)C(C)CC(=O)CC. The monoisotopic (exact) mass is 198 g/mol. The lowest BCUT2D eigenvalue weighted by atomic mass is 9.74. The van der Waals surface area contributed by atoms with Crippen LogP contribution >= 0.6 is 0 Å². The van der Waals surface area contributed by atoms with Crippen LogP contribution in [0.1, 0.15) is 66.7 Å². The normalized spacial score (nSPS) is 14.1. The van der Waals surface area contributed by atoms with Gasteiger partial charge in [0.2, 0.25) is 0 Å². The average Bonchev–Trinajstić information content (AvgIpc) is 2.14. The number of rotatable bonds is 7. The minimum atomic E-state index is 0.320. The lowest BCUT2D eigenvalue weighted by Crippen LogP contribution is -2.23. The van der Waals surface area contributed by atoms with E-state index in [0.29, 0.717) is 23.5 Å². The van der Waals surface area contributed by atoms with Crippen LogP contribution in [-0.2, 0) is 4.79 Å². The first-order valence-electron chi connectivity index (χ1n) is 5.95. The minimum absolute atomic E-state index is 0.320. The molecule has 0 radical (unpaired) electrons. The van der Waals surface area contributed by atoms with E-state index in [9.17, 15) is 4.79 Å². The number of carbonyl (C=O) groups excluding carboxylic acids is 1. The first kappa shape index (κ1) is 13.7. The van der Waals surface area contributed by atoms with Crippen LogP contribution in [0.25, 0.3) is 0 Å². The summed E-state index contributed by atoms with van der Waals surface area (Å²) < 4.78 is 0. The topological polar surface area (TPSA) is 17.1 Å². The van der Waals surface area contributed by atoms with Crippen molar-refractivity contribution in [2.24, 2.45) is 11.3 Å². The maximum absolute atomic E-state index is 11.3. The summed E-state index contributed by atoms with van der Waals surface area (Å²) in [5.41, 5.74) is 0.320. The van der Waals surface area contributed by atoms with Crippen molar-refractivity contribution >= 4 is 5.78 Å². The fourth-order valence-corrected chi connectivity index (χ4v) is 1.64. The number of carbonyl (C=O) groups is 1. The lowest BCUT2D eigenvalue weighted by Gasteiger charge is -2.31. The van der Waals surface area contributed by atoms with Crippen molar-refractivity contribution < 1.29 is 4.79 Å². The van der Waals surface area contributed by atoms with Gasteiger partial charge in [0.25, 0.3) is 0 Å². The van der Waals surface area contributed by atoms with Crippen LogP contribution in [0.15, 0.2) is 0 Å². The van der Waals surface area contributed by atoms with Gasteiger partial charge in [0.1, 0.15) is 5.78 Å². The van der Waals surface area contributed by atoms with Crippen molar-refractivity contribution in [3.63, 3.8) is 0 Å². The molecule has 1 unspecified atom stereocenters. The molecule has 0 aliphatic rings. The Kier molecular flexibility index (Phi) is 6.06. The molecule has 14 heavy (non-hydrogen) atoms. The Balaban J connectivity index is 4.06. The van der Waals surface area contributed by atoms with E-state index in [0.717, 1.165) is 6.42 Å². The molecule has 0 aromatic heterocycles. The molecule has 1 heteroatoms. The molecule has 0 saturated heterocycles. The fourth-order valence-electron chi connectivity index (χ4n) is 1.64. The van der Waals surface area contributed by atoms with Gasteiger partial charge in [0.05, 0.1) is 0 Å². The second-order valence-corrected chi connectivity index (χ2v) is 5.09. The Labute approximate surface area is 89.3 Å². The maximum atomic E-state index is 11.3. The summed E-state index contributed by atoms with van der Waals surface area (Å²) in [4.78, 5) is 11.3. The second kappa shape index (κ2) is 6.21. The average molecular weight is 198 g/mol. The highest BCUT2D eigenvalue weighted by Crippen LogP contribution is 2.34. The summed E-state index contributed by atoms with van der Waals surface area (Å²) >= 11 is 0. The maximum Gasteiger partial charge on any atom is 0.132 e. The molecular weight excluding hydrogens is 172 g/mol. The zero-order valence-corrected chi connectivity index (χ0v) is 10.5. The Bertz CT molecular complexity index is 170. The summed E-state index contributed by atoms with van der Waals surface area (Å²) in [6.07, 6.45) is 5.21. The van der Waals surface area contributed by atoms with Gasteiger partial charge in [-0.25, -0.2) is 0 Å². The molecule has 1 atom stereocenters. The zero-order chi connectivity index (χ0) is 11.2. The number of unbranched alkanes of at least 4 members (excludes halogenated alkanes) is 1. The smallest absolute Gasteiger partial charge is 0.132 e. The first-order chi connectivity index (χ1) is 6.44. The molecule has 0 heterocycles. The molecule has 1 nitrogen and oxygen atoms in total. The van der Waals surface area contributed by atoms with Gasteiger partial charge in [-0.15, -0.1) is 0 Å². The zero-order valence-electron chi connectivity index (χ0n) is 10.5. The fraction of sp³-hybridized carbons (Fsp3) is 0.923. The Morgan fingerprint density at radius 3 is 2.29 bits per heavy atom. The highest BCUT2D eigenvalue weighted by molar-refractivity contribution is 5.78. The van der Waals surface area contributed by atoms with E-state index >= 15 is 0 Å². The Morgan fingerprint density at radius 2 is 1.86 bits per heavy atom. The van der Waals surface area contributed by atoms with Crippen LogP contribution in [0.2, 0.25) is 0 Å². The van der Waals surface area contributed by atoms with Gasteiger partial charge in [0.15, 0.2) is 0 Å². The third-order valence-corrected chi connectivity index (χ3v) is 3.44. The number of hydrogen-bond donors (Lipinski definition) is 0. The third kappa shape index (κ3) is 4.78. The molecule has 0 saturated carbocycles. The molecule has 0 aromatic rings. The minimum Gasteiger partial charge on any atom is -0.300 e. The van der Waals surface area contributed by atoms with Gasteiger partial charge in [-0.05, 0) is 17.8 Å². The predicted octanol–water partition coefficient (Wildman–Crippen LogP) is 4.21. The highest BCUT2D eigenvalue weighted by atomic mass is 16.1. The molecule has 84 valence electrons. The van der Waals surface area contributed by atoms with Crippen LogP contribution in [0.5, 0.6) is 0 Å². The Morgan fingerprint density at radius 1 is 1.29 bits per heavy atom. The van der Waals surface area contributed by atoms with Crippen LogP contribution in [0.3, 0.4) is 0 Å². The Hall–Kier alpha value is -0.330. The van der Waals surface area contributed by atoms with Crippen LogP contribution < -0.4 is 0 Å². The molecule has 0 fully saturated rings. The summed E-state index contributed by atoms with van der Waals surface area (Å²) in [7, 11) is 0. The quantitative estimate of drug-likeness (QED) is 0.599. The summed E-state index contributed by atoms with van der Waals surface area (Å²) in [6, 6.07) is 0. The van der Waals surface area contributed by atoms with Crippen molar-refractivity contribution in [1.82, 2.24) is 0 Å². The van der Waals surface area contributed by atoms with Crippen molar-refractivity contribution in [2.75, 3.05) is 0 Å². The number of hydrogen-bond acceptors (Lipinski definition) is 1. The van der Waals surface area contributed by atoms with E-state index in [-0.39, 0.29) is 0 Å². The molecule has 0 N–H and O–H groups in total. The van der Waals surface area contributed by atoms with Gasteiger partial charge in [-0.3, -0.25) is 4.79 Å². The first-order valence-corrected chi connectivity index (χ1v) is 5.95. The van der Waals surface area contributed by atoms with Gasteiger partial charge in [-0.2, -0.15) is 0 Å². The number of Topliss-reactive ketones (excluding diaryl/α,β-unsaturated/α-hetero) is 1. The van der Waals surface area contributed by atoms with E-state index in [1.54, 1.807) is 0 Å². The predicted molar refractivity (Wildman–Crippen MR) is 62.4 cm³/mol. The highest BCUT2D eigenvalue weighted by Gasteiger charge is 2.26. The van der Waals surface area contributed by atoms with Crippen molar-refractivity contribution in [3.8, 4) is 0 Å². The van der Waals surface area contributed by atoms with Crippen molar-refractivity contribution in [2.45, 2.75) is 66.7 Å². The van der Waals surface area contributed by atoms with Gasteiger partial charge < -0.3 is 0 Å². The molecule has 0 aliphatic heterocycles. The number of ketones is 1. The third-order valence-electron chi connectivity index (χ3n) is 3.44. The molecule has 0 aromatic carbocycles. The van der Waals surface area contributed by atoms with Crippen molar-refractivity contribution in [1.29, 1.82) is 0 Å². The molecular formula is C13H26O. The van der Waals surface area contributed by atoms with Crippen LogP contribution in [0.4, 0.5) is 0 Å². The van der Waals surface area contributed by atoms with E-state index in [1.165, 1.54) is 19.3 Å². The van der Waals surface area contributed by atoms with Gasteiger partial charge >= 0.3 is 0 Å². The van der Waals surface area contributed by atoms with Crippen molar-refractivity contribution in [3.05, 3.63) is 0 Å². The summed E-state index contributed by atoms with van der Waals surface area (Å²) in [5, 5.41) is 0. The van der Waals surface area contributed by atoms with Crippen LogP contribution in [-0.4, -0.2) is 5.78 Å². The van der Waals surface area contributed by atoms with Crippen LogP contribution in [0, 0.1) is 11.3 Å². The van der Waals surface area contributed by atoms with E-state index in [2.05, 4.69) is 27.7 Å². The van der Waals surface area contributed by atoms with Gasteiger partial charge in [-0.1, -0.05) is 47.5 Å². The second-order valence-electron chi connectivity index (χ2n) is 5.09. The summed E-state index contributed by atoms with van der Waals surface area (Å²) in [6.45, 7) is 11.0. The summed E-state index contributed by atoms with van der Waals surface area (Å²) in [5.74, 6) is 0.920.